The van der Waals surface area contributed by atoms with Gasteiger partial charge >= 0.3 is 0 Å². The molecule has 0 spiro atoms. The molecule has 1 aliphatic rings. The number of carbonyl (C=O) groups excluding carboxylic acids is 1. The molecule has 1 aromatic heterocycles. The maximum absolute atomic E-state index is 12.7. The molecule has 0 saturated carbocycles. The fourth-order valence-corrected chi connectivity index (χ4v) is 4.19. The maximum Gasteiger partial charge on any atom is 0.246 e. The van der Waals surface area contributed by atoms with E-state index < -0.39 is 0 Å². The van der Waals surface area contributed by atoms with Gasteiger partial charge in [-0.2, -0.15) is 0 Å². The molecule has 6 nitrogen and oxygen atoms in total. The van der Waals surface area contributed by atoms with Crippen molar-refractivity contribution >= 4 is 29.0 Å². The fourth-order valence-electron chi connectivity index (χ4n) is 3.59. The molecule has 0 unspecified atom stereocenters. The van der Waals surface area contributed by atoms with Crippen LogP contribution in [-0.2, 0) is 11.4 Å². The second kappa shape index (κ2) is 10.3. The Labute approximate surface area is 192 Å². The van der Waals surface area contributed by atoms with Gasteiger partial charge in [0.15, 0.2) is 0 Å². The van der Waals surface area contributed by atoms with Crippen molar-refractivity contribution in [1.29, 1.82) is 0 Å². The first kappa shape index (κ1) is 21.9. The minimum atomic E-state index is 0.0312. The minimum Gasteiger partial charge on any atom is -0.497 e. The molecule has 4 rings (SSSR count). The summed E-state index contributed by atoms with van der Waals surface area (Å²) in [7, 11) is 1.67. The fraction of sp³-hybridized carbons (Fsp3) is 0.280. The third kappa shape index (κ3) is 5.68. The molecule has 2 heterocycles. The van der Waals surface area contributed by atoms with Crippen LogP contribution in [0.25, 0.3) is 6.08 Å². The van der Waals surface area contributed by atoms with E-state index in [0.717, 1.165) is 46.5 Å². The molecule has 1 amide bonds. The standard InChI is InChI=1S/C25H27N3O3S/c1-19-26-21(18-32-19)17-31-24-5-3-4-20(16-24)6-11-25(29)28-14-12-27(13-15-28)22-7-9-23(30-2)10-8-22/h3-11,16,18H,12-15,17H2,1-2H3/b11-6+. The van der Waals surface area contributed by atoms with Gasteiger partial charge < -0.3 is 19.3 Å². The number of aromatic nitrogens is 1. The number of nitrogens with zero attached hydrogens (tertiary/aromatic N) is 3. The zero-order valence-corrected chi connectivity index (χ0v) is 19.2. The van der Waals surface area contributed by atoms with Crippen LogP contribution < -0.4 is 14.4 Å². The van der Waals surface area contributed by atoms with Crippen LogP contribution in [0.5, 0.6) is 11.5 Å². The second-order valence-electron chi connectivity index (χ2n) is 7.56. The average Bonchev–Trinajstić information content (AvgIpc) is 3.27. The Kier molecular flexibility index (Phi) is 7.07. The number of aryl methyl sites for hydroxylation is 1. The zero-order chi connectivity index (χ0) is 22.3. The topological polar surface area (TPSA) is 54.9 Å². The van der Waals surface area contributed by atoms with Crippen LogP contribution in [-0.4, -0.2) is 49.1 Å². The summed E-state index contributed by atoms with van der Waals surface area (Å²) < 4.78 is 11.1. The molecule has 0 bridgehead atoms. The lowest BCUT2D eigenvalue weighted by molar-refractivity contribution is -0.126. The lowest BCUT2D eigenvalue weighted by Gasteiger charge is -2.35. The van der Waals surface area contributed by atoms with Crippen molar-refractivity contribution in [2.75, 3.05) is 38.2 Å². The van der Waals surface area contributed by atoms with E-state index >= 15 is 0 Å². The van der Waals surface area contributed by atoms with Gasteiger partial charge in [0.2, 0.25) is 5.91 Å². The first-order chi connectivity index (χ1) is 15.6. The highest BCUT2D eigenvalue weighted by Gasteiger charge is 2.19. The summed E-state index contributed by atoms with van der Waals surface area (Å²) in [5.74, 6) is 1.64. The van der Waals surface area contributed by atoms with E-state index in [4.69, 9.17) is 9.47 Å². The molecule has 166 valence electrons. The van der Waals surface area contributed by atoms with Gasteiger partial charge in [0, 0.05) is 43.3 Å². The van der Waals surface area contributed by atoms with E-state index in [-0.39, 0.29) is 5.91 Å². The van der Waals surface area contributed by atoms with E-state index in [9.17, 15) is 4.79 Å². The van der Waals surface area contributed by atoms with Crippen molar-refractivity contribution in [3.8, 4) is 11.5 Å². The van der Waals surface area contributed by atoms with Gasteiger partial charge in [0.05, 0.1) is 17.8 Å². The van der Waals surface area contributed by atoms with Crippen molar-refractivity contribution in [2.45, 2.75) is 13.5 Å². The summed E-state index contributed by atoms with van der Waals surface area (Å²) >= 11 is 1.62. The van der Waals surface area contributed by atoms with Gasteiger partial charge in [-0.1, -0.05) is 12.1 Å². The third-order valence-electron chi connectivity index (χ3n) is 5.36. The number of hydrogen-bond donors (Lipinski definition) is 0. The predicted octanol–water partition coefficient (Wildman–Crippen LogP) is 4.40. The van der Waals surface area contributed by atoms with E-state index in [2.05, 4.69) is 22.0 Å². The van der Waals surface area contributed by atoms with E-state index in [0.29, 0.717) is 19.7 Å². The Morgan fingerprint density at radius 1 is 1.09 bits per heavy atom. The first-order valence-corrected chi connectivity index (χ1v) is 11.5. The Balaban J connectivity index is 1.28. The van der Waals surface area contributed by atoms with Gasteiger partial charge in [0.25, 0.3) is 0 Å². The summed E-state index contributed by atoms with van der Waals surface area (Å²) in [6.45, 7) is 5.44. The Morgan fingerprint density at radius 2 is 1.88 bits per heavy atom. The first-order valence-electron chi connectivity index (χ1n) is 10.6. The van der Waals surface area contributed by atoms with Gasteiger partial charge in [-0.05, 0) is 55.0 Å². The molecule has 0 atom stereocenters. The lowest BCUT2D eigenvalue weighted by atomic mass is 10.2. The number of hydrogen-bond acceptors (Lipinski definition) is 6. The quantitative estimate of drug-likeness (QED) is 0.501. The van der Waals surface area contributed by atoms with Crippen LogP contribution in [0.2, 0.25) is 0 Å². The highest BCUT2D eigenvalue weighted by Crippen LogP contribution is 2.21. The molecular weight excluding hydrogens is 422 g/mol. The number of benzene rings is 2. The largest absolute Gasteiger partial charge is 0.497 e. The number of rotatable bonds is 7. The number of methoxy groups -OCH3 is 1. The summed E-state index contributed by atoms with van der Waals surface area (Å²) in [5, 5.41) is 3.04. The number of anilines is 1. The van der Waals surface area contributed by atoms with Crippen LogP contribution in [0.1, 0.15) is 16.3 Å². The number of piperazine rings is 1. The molecule has 1 saturated heterocycles. The summed E-state index contributed by atoms with van der Waals surface area (Å²) in [5.41, 5.74) is 3.01. The lowest BCUT2D eigenvalue weighted by Crippen LogP contribution is -2.48. The summed E-state index contributed by atoms with van der Waals surface area (Å²) in [4.78, 5) is 21.3. The molecule has 32 heavy (non-hydrogen) atoms. The van der Waals surface area contributed by atoms with Crippen molar-refractivity contribution < 1.29 is 14.3 Å². The highest BCUT2D eigenvalue weighted by molar-refractivity contribution is 7.09. The normalized spacial score (nSPS) is 14.1. The smallest absolute Gasteiger partial charge is 0.246 e. The number of carbonyl (C=O) groups is 1. The Morgan fingerprint density at radius 3 is 2.56 bits per heavy atom. The van der Waals surface area contributed by atoms with Gasteiger partial charge in [-0.15, -0.1) is 11.3 Å². The molecule has 2 aromatic carbocycles. The minimum absolute atomic E-state index is 0.0312. The zero-order valence-electron chi connectivity index (χ0n) is 18.4. The molecule has 1 fully saturated rings. The molecular formula is C25H27N3O3S. The Hall–Kier alpha value is -3.32. The number of ether oxygens (including phenoxy) is 2. The van der Waals surface area contributed by atoms with Crippen LogP contribution >= 0.6 is 11.3 Å². The molecule has 1 aliphatic heterocycles. The van der Waals surface area contributed by atoms with E-state index in [1.807, 2.05) is 59.7 Å². The van der Waals surface area contributed by atoms with Gasteiger partial charge in [-0.25, -0.2) is 4.98 Å². The third-order valence-corrected chi connectivity index (χ3v) is 6.18. The Bertz CT molecular complexity index is 1070. The molecule has 3 aromatic rings. The van der Waals surface area contributed by atoms with Crippen LogP contribution in [0, 0.1) is 6.92 Å². The maximum atomic E-state index is 12.7. The van der Waals surface area contributed by atoms with Crippen LogP contribution in [0.15, 0.2) is 60.0 Å². The highest BCUT2D eigenvalue weighted by atomic mass is 32.1. The summed E-state index contributed by atoms with van der Waals surface area (Å²) in [6.07, 6.45) is 3.49. The number of thiazole rings is 1. The SMILES string of the molecule is COc1ccc(N2CCN(C(=O)/C=C/c3cccc(OCc4csc(C)n4)c3)CC2)cc1. The van der Waals surface area contributed by atoms with Gasteiger partial charge in [-0.3, -0.25) is 4.79 Å². The number of amides is 1. The predicted molar refractivity (Wildman–Crippen MR) is 128 cm³/mol. The van der Waals surface area contributed by atoms with Crippen molar-refractivity contribution in [3.63, 3.8) is 0 Å². The molecule has 0 radical (unpaired) electrons. The van der Waals surface area contributed by atoms with Crippen LogP contribution in [0.3, 0.4) is 0 Å². The van der Waals surface area contributed by atoms with E-state index in [1.165, 1.54) is 0 Å². The van der Waals surface area contributed by atoms with E-state index in [1.54, 1.807) is 24.5 Å². The second-order valence-corrected chi connectivity index (χ2v) is 8.62. The monoisotopic (exact) mass is 449 g/mol. The summed E-state index contributed by atoms with van der Waals surface area (Å²) in [6, 6.07) is 15.8. The van der Waals surface area contributed by atoms with Crippen molar-refractivity contribution in [3.05, 3.63) is 76.3 Å². The van der Waals surface area contributed by atoms with Crippen molar-refractivity contribution in [1.82, 2.24) is 9.88 Å². The van der Waals surface area contributed by atoms with Crippen LogP contribution in [0.4, 0.5) is 5.69 Å². The van der Waals surface area contributed by atoms with Crippen molar-refractivity contribution in [2.24, 2.45) is 0 Å². The molecule has 7 heteroatoms. The van der Waals surface area contributed by atoms with Gasteiger partial charge in [0.1, 0.15) is 18.1 Å². The molecule has 0 aliphatic carbocycles. The molecule has 0 N–H and O–H groups in total. The average molecular weight is 450 g/mol.